The third-order valence-electron chi connectivity index (χ3n) is 3.68. The molecule has 20 heavy (non-hydrogen) atoms. The number of nitrogens with zero attached hydrogens (tertiary/aromatic N) is 1. The highest BCUT2D eigenvalue weighted by Gasteiger charge is 2.30. The Hall–Kier alpha value is -1.30. The molecule has 1 aliphatic heterocycles. The van der Waals surface area contributed by atoms with Crippen LogP contribution in [-0.4, -0.2) is 41.4 Å². The van der Waals surface area contributed by atoms with Crippen LogP contribution in [0.1, 0.15) is 24.2 Å². The molecule has 1 aromatic carbocycles. The summed E-state index contributed by atoms with van der Waals surface area (Å²) in [7, 11) is 1.44. The van der Waals surface area contributed by atoms with Crippen molar-refractivity contribution >= 4 is 23.4 Å². The van der Waals surface area contributed by atoms with Gasteiger partial charge in [-0.05, 0) is 19.1 Å². The Morgan fingerprint density at radius 3 is 2.50 bits per heavy atom. The Bertz CT molecular complexity index is 501. The standard InChI is InChI=1S/C14H18F2N2OS/c1-8-9(2)20-5-4-18(8)14(19)10-6-11(15)13(17-3)12(16)7-10/h6-9,17H,4-5H2,1-3H3. The number of nitrogens with one attached hydrogen (secondary N) is 1. The van der Waals surface area contributed by atoms with E-state index >= 15 is 0 Å². The van der Waals surface area contributed by atoms with Gasteiger partial charge >= 0.3 is 0 Å². The summed E-state index contributed by atoms with van der Waals surface area (Å²) in [5.74, 6) is -0.965. The van der Waals surface area contributed by atoms with E-state index < -0.39 is 11.6 Å². The van der Waals surface area contributed by atoms with Crippen molar-refractivity contribution in [3.05, 3.63) is 29.3 Å². The number of hydrogen-bond donors (Lipinski definition) is 1. The molecule has 1 aromatic rings. The first-order chi connectivity index (χ1) is 9.45. The largest absolute Gasteiger partial charge is 0.383 e. The van der Waals surface area contributed by atoms with E-state index in [1.165, 1.54) is 7.05 Å². The lowest BCUT2D eigenvalue weighted by Gasteiger charge is -2.37. The lowest BCUT2D eigenvalue weighted by atomic mass is 10.1. The first kappa shape index (κ1) is 15.1. The van der Waals surface area contributed by atoms with Crippen molar-refractivity contribution < 1.29 is 13.6 Å². The lowest BCUT2D eigenvalue weighted by molar-refractivity contribution is 0.0697. The van der Waals surface area contributed by atoms with Crippen LogP contribution in [-0.2, 0) is 0 Å². The van der Waals surface area contributed by atoms with Crippen LogP contribution in [0.2, 0.25) is 0 Å². The van der Waals surface area contributed by atoms with E-state index in [1.807, 2.05) is 6.92 Å². The van der Waals surface area contributed by atoms with Gasteiger partial charge in [-0.3, -0.25) is 4.79 Å². The average Bonchev–Trinajstić information content (AvgIpc) is 2.41. The number of thioether (sulfide) groups is 1. The first-order valence-electron chi connectivity index (χ1n) is 6.55. The molecule has 2 rings (SSSR count). The Morgan fingerprint density at radius 2 is 1.95 bits per heavy atom. The van der Waals surface area contributed by atoms with Gasteiger partial charge in [0.15, 0.2) is 0 Å². The molecule has 2 unspecified atom stereocenters. The van der Waals surface area contributed by atoms with Gasteiger partial charge in [-0.1, -0.05) is 6.92 Å². The fourth-order valence-electron chi connectivity index (χ4n) is 2.32. The second-order valence-corrected chi connectivity index (χ2v) is 6.37. The number of anilines is 1. The van der Waals surface area contributed by atoms with Crippen LogP contribution in [0.15, 0.2) is 12.1 Å². The summed E-state index contributed by atoms with van der Waals surface area (Å²) in [6, 6.07) is 2.24. The SMILES string of the molecule is CNc1c(F)cc(C(=O)N2CCSC(C)C2C)cc1F. The minimum Gasteiger partial charge on any atom is -0.383 e. The summed E-state index contributed by atoms with van der Waals surface area (Å²) in [5, 5.41) is 2.77. The van der Waals surface area contributed by atoms with Crippen LogP contribution in [0.4, 0.5) is 14.5 Å². The highest BCUT2D eigenvalue weighted by Crippen LogP contribution is 2.27. The fourth-order valence-corrected chi connectivity index (χ4v) is 3.42. The zero-order valence-electron chi connectivity index (χ0n) is 11.7. The molecule has 0 aliphatic carbocycles. The van der Waals surface area contributed by atoms with Crippen LogP contribution < -0.4 is 5.32 Å². The lowest BCUT2D eigenvalue weighted by Crippen LogP contribution is -2.48. The number of amides is 1. The average molecular weight is 300 g/mol. The van der Waals surface area contributed by atoms with Gasteiger partial charge in [-0.25, -0.2) is 8.78 Å². The van der Waals surface area contributed by atoms with Crippen molar-refractivity contribution in [2.24, 2.45) is 0 Å². The molecule has 1 aliphatic rings. The van der Waals surface area contributed by atoms with Gasteiger partial charge in [-0.15, -0.1) is 0 Å². The maximum Gasteiger partial charge on any atom is 0.254 e. The van der Waals surface area contributed by atoms with Crippen molar-refractivity contribution in [3.63, 3.8) is 0 Å². The summed E-state index contributed by atoms with van der Waals surface area (Å²) in [6.45, 7) is 4.62. The van der Waals surface area contributed by atoms with Crippen LogP contribution in [0.3, 0.4) is 0 Å². The molecule has 1 amide bonds. The normalized spacial score (nSPS) is 22.8. The molecule has 1 heterocycles. The van der Waals surface area contributed by atoms with Crippen LogP contribution >= 0.6 is 11.8 Å². The van der Waals surface area contributed by atoms with E-state index in [-0.39, 0.29) is 23.2 Å². The van der Waals surface area contributed by atoms with Gasteiger partial charge in [0.2, 0.25) is 0 Å². The Kier molecular flexibility index (Phi) is 4.52. The third kappa shape index (κ3) is 2.75. The van der Waals surface area contributed by atoms with Crippen molar-refractivity contribution in [1.29, 1.82) is 0 Å². The van der Waals surface area contributed by atoms with Crippen molar-refractivity contribution in [2.75, 3.05) is 24.7 Å². The van der Waals surface area contributed by atoms with Crippen molar-refractivity contribution in [1.82, 2.24) is 4.90 Å². The van der Waals surface area contributed by atoms with E-state index in [9.17, 15) is 13.6 Å². The zero-order chi connectivity index (χ0) is 14.9. The van der Waals surface area contributed by atoms with E-state index in [0.29, 0.717) is 11.8 Å². The monoisotopic (exact) mass is 300 g/mol. The van der Waals surface area contributed by atoms with Gasteiger partial charge in [-0.2, -0.15) is 11.8 Å². The van der Waals surface area contributed by atoms with E-state index in [2.05, 4.69) is 12.2 Å². The van der Waals surface area contributed by atoms with Gasteiger partial charge in [0.25, 0.3) is 5.91 Å². The van der Waals surface area contributed by atoms with Gasteiger partial charge < -0.3 is 10.2 Å². The molecule has 0 saturated carbocycles. The van der Waals surface area contributed by atoms with Crippen molar-refractivity contribution in [3.8, 4) is 0 Å². The number of halogens is 2. The number of carbonyl (C=O) groups is 1. The summed E-state index contributed by atoms with van der Waals surface area (Å²) in [6.07, 6.45) is 0. The molecule has 0 spiro atoms. The molecular weight excluding hydrogens is 282 g/mol. The maximum absolute atomic E-state index is 13.7. The number of rotatable bonds is 2. The molecule has 1 N–H and O–H groups in total. The smallest absolute Gasteiger partial charge is 0.254 e. The van der Waals surface area contributed by atoms with Gasteiger partial charge in [0, 0.05) is 36.2 Å². The molecule has 1 fully saturated rings. The second-order valence-electron chi connectivity index (χ2n) is 4.88. The molecule has 2 atom stereocenters. The predicted molar refractivity (Wildman–Crippen MR) is 78.3 cm³/mol. The zero-order valence-corrected chi connectivity index (χ0v) is 12.6. The van der Waals surface area contributed by atoms with E-state index in [4.69, 9.17) is 0 Å². The molecular formula is C14H18F2N2OS. The summed E-state index contributed by atoms with van der Waals surface area (Å²) >= 11 is 1.80. The Labute approximate surface area is 121 Å². The third-order valence-corrected chi connectivity index (χ3v) is 5.02. The highest BCUT2D eigenvalue weighted by molar-refractivity contribution is 8.00. The summed E-state index contributed by atoms with van der Waals surface area (Å²) in [5.41, 5.74) is -0.151. The van der Waals surface area contributed by atoms with Crippen LogP contribution in [0.5, 0.6) is 0 Å². The highest BCUT2D eigenvalue weighted by atomic mass is 32.2. The van der Waals surface area contributed by atoms with E-state index in [1.54, 1.807) is 16.7 Å². The molecule has 0 radical (unpaired) electrons. The number of carbonyl (C=O) groups excluding carboxylic acids is 1. The van der Waals surface area contributed by atoms with Gasteiger partial charge in [0.05, 0.1) is 0 Å². The maximum atomic E-state index is 13.7. The summed E-state index contributed by atoms with van der Waals surface area (Å²) < 4.78 is 27.5. The number of hydrogen-bond acceptors (Lipinski definition) is 3. The van der Waals surface area contributed by atoms with E-state index in [0.717, 1.165) is 17.9 Å². The minimum atomic E-state index is -0.747. The Morgan fingerprint density at radius 1 is 1.35 bits per heavy atom. The topological polar surface area (TPSA) is 32.3 Å². The molecule has 6 heteroatoms. The molecule has 1 saturated heterocycles. The fraction of sp³-hybridized carbons (Fsp3) is 0.500. The second kappa shape index (κ2) is 5.99. The number of benzene rings is 1. The van der Waals surface area contributed by atoms with Gasteiger partial charge in [0.1, 0.15) is 17.3 Å². The molecule has 110 valence electrons. The molecule has 0 aromatic heterocycles. The van der Waals surface area contributed by atoms with Crippen LogP contribution in [0.25, 0.3) is 0 Å². The summed E-state index contributed by atoms with van der Waals surface area (Å²) in [4.78, 5) is 14.1. The predicted octanol–water partition coefficient (Wildman–Crippen LogP) is 2.97. The first-order valence-corrected chi connectivity index (χ1v) is 7.60. The minimum absolute atomic E-state index is 0.0522. The molecule has 3 nitrogen and oxygen atoms in total. The molecule has 0 bridgehead atoms. The van der Waals surface area contributed by atoms with Crippen molar-refractivity contribution in [2.45, 2.75) is 25.1 Å². The van der Waals surface area contributed by atoms with Crippen LogP contribution in [0, 0.1) is 11.6 Å². The quantitative estimate of drug-likeness (QED) is 0.911. The Balaban J connectivity index is 2.29.